The van der Waals surface area contributed by atoms with Crippen LogP contribution in [-0.2, 0) is 30.4 Å². The molecule has 13 nitrogen and oxygen atoms in total. The van der Waals surface area contributed by atoms with Gasteiger partial charge in [0.05, 0.1) is 12.6 Å². The zero-order valence-electron chi connectivity index (χ0n) is 20.2. The quantitative estimate of drug-likeness (QED) is 0.152. The number of aromatic nitrogens is 1. The number of amides is 4. The second-order valence-electron chi connectivity index (χ2n) is 8.92. The van der Waals surface area contributed by atoms with Gasteiger partial charge < -0.3 is 42.2 Å². The molecule has 4 amide bonds. The molecule has 0 bridgehead atoms. The van der Waals surface area contributed by atoms with Gasteiger partial charge in [-0.15, -0.1) is 0 Å². The van der Waals surface area contributed by atoms with Crippen LogP contribution in [0.2, 0.25) is 0 Å². The van der Waals surface area contributed by atoms with Gasteiger partial charge in [-0.2, -0.15) is 0 Å². The van der Waals surface area contributed by atoms with E-state index in [1.165, 1.54) is 0 Å². The largest absolute Gasteiger partial charge is 0.480 e. The predicted octanol–water partition coefficient (Wildman–Crippen LogP) is -1.74. The van der Waals surface area contributed by atoms with Crippen molar-refractivity contribution in [2.24, 2.45) is 5.73 Å². The summed E-state index contributed by atoms with van der Waals surface area (Å²) in [5.41, 5.74) is 6.73. The van der Waals surface area contributed by atoms with Crippen molar-refractivity contribution in [3.8, 4) is 0 Å². The molecule has 0 spiro atoms. The number of carboxylic acid groups (broad SMARTS) is 1. The van der Waals surface area contributed by atoms with E-state index in [-0.39, 0.29) is 19.3 Å². The monoisotopic (exact) mass is 516 g/mol. The molecule has 1 aromatic heterocycles. The average Bonchev–Trinajstić information content (AvgIpc) is 3.55. The Morgan fingerprint density at radius 2 is 1.73 bits per heavy atom. The zero-order valence-corrected chi connectivity index (χ0v) is 20.2. The molecule has 0 radical (unpaired) electrons. The van der Waals surface area contributed by atoms with Crippen LogP contribution in [-0.4, -0.2) is 82.1 Å². The second kappa shape index (κ2) is 12.8. The molecule has 9 N–H and O–H groups in total. The third-order valence-electron chi connectivity index (χ3n) is 6.22. The Morgan fingerprint density at radius 3 is 2.38 bits per heavy atom. The molecule has 0 saturated carbocycles. The molecule has 2 heterocycles. The highest BCUT2D eigenvalue weighted by molar-refractivity contribution is 5.95. The van der Waals surface area contributed by atoms with Crippen LogP contribution in [0.25, 0.3) is 10.9 Å². The molecular weight excluding hydrogens is 484 g/mol. The maximum atomic E-state index is 13.3. The number of aliphatic hydroxyl groups excluding tert-OH is 1. The minimum Gasteiger partial charge on any atom is -0.480 e. The smallest absolute Gasteiger partial charge is 0.328 e. The van der Waals surface area contributed by atoms with E-state index in [1.54, 1.807) is 6.20 Å². The highest BCUT2D eigenvalue weighted by Crippen LogP contribution is 2.19. The van der Waals surface area contributed by atoms with Crippen molar-refractivity contribution in [2.45, 2.75) is 56.3 Å². The van der Waals surface area contributed by atoms with E-state index in [1.807, 2.05) is 24.3 Å². The first-order valence-corrected chi connectivity index (χ1v) is 12.0. The van der Waals surface area contributed by atoms with Gasteiger partial charge in [-0.05, 0) is 37.4 Å². The van der Waals surface area contributed by atoms with E-state index >= 15 is 0 Å². The molecule has 3 rings (SSSR count). The Balaban J connectivity index is 1.82. The van der Waals surface area contributed by atoms with Crippen LogP contribution in [0.5, 0.6) is 0 Å². The maximum absolute atomic E-state index is 13.3. The van der Waals surface area contributed by atoms with Crippen LogP contribution in [0.1, 0.15) is 31.2 Å². The summed E-state index contributed by atoms with van der Waals surface area (Å²) in [5, 5.41) is 29.8. The number of hydrogen-bond donors (Lipinski definition) is 8. The van der Waals surface area contributed by atoms with Crippen molar-refractivity contribution in [1.29, 1.82) is 0 Å². The van der Waals surface area contributed by atoms with Gasteiger partial charge in [-0.3, -0.25) is 19.2 Å². The van der Waals surface area contributed by atoms with Gasteiger partial charge in [0, 0.05) is 29.9 Å². The number of aromatic amines is 1. The first kappa shape index (κ1) is 27.6. The molecular formula is C24H32N6O7. The van der Waals surface area contributed by atoms with Crippen molar-refractivity contribution in [1.82, 2.24) is 26.3 Å². The van der Waals surface area contributed by atoms with Gasteiger partial charge in [0.2, 0.25) is 23.6 Å². The number of aliphatic carboxylic acids is 1. The number of H-pyrrole nitrogens is 1. The van der Waals surface area contributed by atoms with Crippen molar-refractivity contribution in [3.63, 3.8) is 0 Å². The predicted molar refractivity (Wildman–Crippen MR) is 132 cm³/mol. The number of fused-ring (bicyclic) bond motifs is 1. The van der Waals surface area contributed by atoms with Gasteiger partial charge in [-0.1, -0.05) is 18.2 Å². The van der Waals surface area contributed by atoms with Crippen LogP contribution in [0.3, 0.4) is 0 Å². The number of benzene rings is 1. The van der Waals surface area contributed by atoms with Crippen LogP contribution < -0.4 is 27.0 Å². The molecule has 1 fully saturated rings. The molecule has 37 heavy (non-hydrogen) atoms. The summed E-state index contributed by atoms with van der Waals surface area (Å²) in [4.78, 5) is 64.7. The number of nitrogens with one attached hydrogen (secondary N) is 5. The Bertz CT molecular complexity index is 1140. The fraction of sp³-hybridized carbons (Fsp3) is 0.458. The molecule has 1 saturated heterocycles. The summed E-state index contributed by atoms with van der Waals surface area (Å²) >= 11 is 0. The summed E-state index contributed by atoms with van der Waals surface area (Å²) in [7, 11) is 0. The number of carbonyl (C=O) groups is 5. The standard InChI is InChI=1S/C24H32N6O7/c25-20(32)8-7-17(28-21(33)16-6-3-9-26-16)22(34)29-18(23(35)30-19(12-31)24(36)37)10-13-11-27-15-5-2-1-4-14(13)15/h1-2,4-5,11,16-19,26-27,31H,3,6-10,12H2,(H2,25,32)(H,28,33)(H,29,34)(H,30,35)(H,36,37). The highest BCUT2D eigenvalue weighted by Gasteiger charge is 2.32. The maximum Gasteiger partial charge on any atom is 0.328 e. The molecule has 200 valence electrons. The van der Waals surface area contributed by atoms with Crippen LogP contribution in [0.15, 0.2) is 30.5 Å². The molecule has 4 unspecified atom stereocenters. The Hall–Kier alpha value is -3.97. The molecule has 0 aliphatic carbocycles. The molecule has 1 aliphatic heterocycles. The normalized spacial score (nSPS) is 17.5. The van der Waals surface area contributed by atoms with Gasteiger partial charge in [0.25, 0.3) is 0 Å². The lowest BCUT2D eigenvalue weighted by molar-refractivity contribution is -0.143. The zero-order chi connectivity index (χ0) is 26.9. The summed E-state index contributed by atoms with van der Waals surface area (Å²) in [6.07, 6.45) is 2.80. The number of primary amides is 1. The van der Waals surface area contributed by atoms with E-state index in [2.05, 4.69) is 26.3 Å². The fourth-order valence-corrected chi connectivity index (χ4v) is 4.20. The van der Waals surface area contributed by atoms with Gasteiger partial charge >= 0.3 is 5.97 Å². The average molecular weight is 517 g/mol. The molecule has 2 aromatic rings. The lowest BCUT2D eigenvalue weighted by Gasteiger charge is -2.25. The van der Waals surface area contributed by atoms with E-state index in [4.69, 9.17) is 5.73 Å². The number of para-hydroxylation sites is 1. The molecule has 13 heteroatoms. The van der Waals surface area contributed by atoms with E-state index in [9.17, 15) is 34.2 Å². The first-order valence-electron chi connectivity index (χ1n) is 12.0. The number of hydrogen-bond acceptors (Lipinski definition) is 7. The Kier molecular flexibility index (Phi) is 9.57. The number of rotatable bonds is 13. The number of carboxylic acids is 1. The van der Waals surface area contributed by atoms with Crippen molar-refractivity contribution < 1.29 is 34.2 Å². The molecule has 1 aliphatic rings. The van der Waals surface area contributed by atoms with Gasteiger partial charge in [0.1, 0.15) is 18.1 Å². The topological polar surface area (TPSA) is 216 Å². The highest BCUT2D eigenvalue weighted by atomic mass is 16.4. The van der Waals surface area contributed by atoms with Crippen molar-refractivity contribution in [3.05, 3.63) is 36.0 Å². The fourth-order valence-electron chi connectivity index (χ4n) is 4.20. The summed E-state index contributed by atoms with van der Waals surface area (Å²) in [6, 6.07) is 2.85. The van der Waals surface area contributed by atoms with Crippen LogP contribution in [0, 0.1) is 0 Å². The SMILES string of the molecule is NC(=O)CCC(NC(=O)C1CCCN1)C(=O)NC(Cc1c[nH]c2ccccc12)C(=O)NC(CO)C(=O)O. The number of aliphatic hydroxyl groups is 1. The number of carbonyl (C=O) groups excluding carboxylic acids is 4. The molecule has 4 atom stereocenters. The minimum absolute atomic E-state index is 0.0139. The number of nitrogens with two attached hydrogens (primary N) is 1. The summed E-state index contributed by atoms with van der Waals surface area (Å²) < 4.78 is 0. The van der Waals surface area contributed by atoms with Gasteiger partial charge in [-0.25, -0.2) is 4.79 Å². The molecule has 1 aromatic carbocycles. The van der Waals surface area contributed by atoms with Crippen LogP contribution >= 0.6 is 0 Å². The van der Waals surface area contributed by atoms with Crippen molar-refractivity contribution in [2.75, 3.05) is 13.2 Å². The van der Waals surface area contributed by atoms with E-state index in [0.29, 0.717) is 18.5 Å². The summed E-state index contributed by atoms with van der Waals surface area (Å²) in [5.74, 6) is -4.08. The van der Waals surface area contributed by atoms with Crippen LogP contribution in [0.4, 0.5) is 0 Å². The summed E-state index contributed by atoms with van der Waals surface area (Å²) in [6.45, 7) is -0.181. The third-order valence-corrected chi connectivity index (χ3v) is 6.22. The first-order chi connectivity index (χ1) is 17.7. The second-order valence-corrected chi connectivity index (χ2v) is 8.92. The lowest BCUT2D eigenvalue weighted by Crippen LogP contribution is -2.58. The minimum atomic E-state index is -1.58. The van der Waals surface area contributed by atoms with E-state index in [0.717, 1.165) is 17.3 Å². The van der Waals surface area contributed by atoms with Gasteiger partial charge in [0.15, 0.2) is 0 Å². The Morgan fingerprint density at radius 1 is 1.03 bits per heavy atom. The van der Waals surface area contributed by atoms with E-state index < -0.39 is 60.4 Å². The van der Waals surface area contributed by atoms with Crippen molar-refractivity contribution >= 4 is 40.5 Å². The Labute approximate surface area is 212 Å². The third kappa shape index (κ3) is 7.51. The lowest BCUT2D eigenvalue weighted by atomic mass is 10.0.